The number of aryl methyl sites for hydroxylation is 1. The van der Waals surface area contributed by atoms with Gasteiger partial charge in [-0.2, -0.15) is 5.10 Å². The van der Waals surface area contributed by atoms with Gasteiger partial charge in [0.15, 0.2) is 0 Å². The maximum Gasteiger partial charge on any atom is 0.257 e. The average molecular weight is 363 g/mol. The molecule has 0 unspecified atom stereocenters. The van der Waals surface area contributed by atoms with Crippen molar-refractivity contribution in [3.8, 4) is 11.4 Å². The molecule has 3 rings (SSSR count). The van der Waals surface area contributed by atoms with Crippen molar-refractivity contribution in [3.05, 3.63) is 77.1 Å². The Labute approximate surface area is 160 Å². The Kier molecular flexibility index (Phi) is 5.60. The highest BCUT2D eigenvalue weighted by Crippen LogP contribution is 2.19. The van der Waals surface area contributed by atoms with E-state index in [9.17, 15) is 4.79 Å². The molecule has 0 saturated carbocycles. The molecule has 0 aliphatic heterocycles. The van der Waals surface area contributed by atoms with Crippen LogP contribution in [-0.2, 0) is 13.0 Å². The minimum atomic E-state index is -0.0268. The van der Waals surface area contributed by atoms with Gasteiger partial charge in [-0.05, 0) is 43.2 Å². The standard InChI is InChI=1S/C22H25N3O2/c1-5-21-20(14-23-25(21)18-10-6-16(2)7-11-18)22(26)24(3)15-17-8-12-19(27-4)13-9-17/h6-14H,5,15H2,1-4H3. The molecule has 1 heterocycles. The zero-order valence-corrected chi connectivity index (χ0v) is 16.3. The molecule has 0 fully saturated rings. The van der Waals surface area contributed by atoms with Gasteiger partial charge in [-0.3, -0.25) is 4.79 Å². The first-order valence-electron chi connectivity index (χ1n) is 9.05. The number of hydrogen-bond acceptors (Lipinski definition) is 3. The van der Waals surface area contributed by atoms with Crippen molar-refractivity contribution in [2.45, 2.75) is 26.8 Å². The lowest BCUT2D eigenvalue weighted by atomic mass is 10.1. The zero-order chi connectivity index (χ0) is 19.4. The average Bonchev–Trinajstić information content (AvgIpc) is 3.12. The molecule has 5 heteroatoms. The SMILES string of the molecule is CCc1c(C(=O)N(C)Cc2ccc(OC)cc2)cnn1-c1ccc(C)cc1. The van der Waals surface area contributed by atoms with Gasteiger partial charge in [0.1, 0.15) is 5.75 Å². The summed E-state index contributed by atoms with van der Waals surface area (Å²) in [6.07, 6.45) is 2.40. The van der Waals surface area contributed by atoms with Crippen molar-refractivity contribution < 1.29 is 9.53 Å². The fourth-order valence-corrected chi connectivity index (χ4v) is 3.08. The summed E-state index contributed by atoms with van der Waals surface area (Å²) < 4.78 is 7.04. The Bertz CT molecular complexity index is 912. The monoisotopic (exact) mass is 363 g/mol. The lowest BCUT2D eigenvalue weighted by Crippen LogP contribution is -2.27. The Morgan fingerprint density at radius 1 is 1.11 bits per heavy atom. The number of carbonyl (C=O) groups excluding carboxylic acids is 1. The minimum absolute atomic E-state index is 0.0268. The number of aromatic nitrogens is 2. The minimum Gasteiger partial charge on any atom is -0.497 e. The number of hydrogen-bond donors (Lipinski definition) is 0. The summed E-state index contributed by atoms with van der Waals surface area (Å²) in [5.41, 5.74) is 4.78. The number of carbonyl (C=O) groups is 1. The van der Waals surface area contributed by atoms with E-state index in [0.717, 1.165) is 29.1 Å². The van der Waals surface area contributed by atoms with Crippen molar-refractivity contribution in [2.24, 2.45) is 0 Å². The van der Waals surface area contributed by atoms with Crippen LogP contribution < -0.4 is 4.74 Å². The summed E-state index contributed by atoms with van der Waals surface area (Å²) in [4.78, 5) is 14.7. The van der Waals surface area contributed by atoms with Crippen molar-refractivity contribution >= 4 is 5.91 Å². The van der Waals surface area contributed by atoms with Crippen LogP contribution in [0.15, 0.2) is 54.7 Å². The van der Waals surface area contributed by atoms with Crippen LogP contribution in [0.2, 0.25) is 0 Å². The van der Waals surface area contributed by atoms with Crippen LogP contribution in [0.25, 0.3) is 5.69 Å². The number of nitrogens with zero attached hydrogens (tertiary/aromatic N) is 3. The quantitative estimate of drug-likeness (QED) is 0.664. The molecule has 0 spiro atoms. The number of methoxy groups -OCH3 is 1. The second kappa shape index (κ2) is 8.08. The second-order valence-electron chi connectivity index (χ2n) is 6.62. The van der Waals surface area contributed by atoms with Crippen LogP contribution in [0, 0.1) is 6.92 Å². The molecule has 0 saturated heterocycles. The summed E-state index contributed by atoms with van der Waals surface area (Å²) >= 11 is 0. The van der Waals surface area contributed by atoms with Crippen molar-refractivity contribution in [1.82, 2.24) is 14.7 Å². The summed E-state index contributed by atoms with van der Waals surface area (Å²) in [6, 6.07) is 15.9. The van der Waals surface area contributed by atoms with E-state index >= 15 is 0 Å². The van der Waals surface area contributed by atoms with Gasteiger partial charge in [-0.15, -0.1) is 0 Å². The predicted octanol–water partition coefficient (Wildman–Crippen LogP) is 4.02. The van der Waals surface area contributed by atoms with E-state index in [1.807, 2.05) is 67.2 Å². The van der Waals surface area contributed by atoms with Gasteiger partial charge in [0.25, 0.3) is 5.91 Å². The third kappa shape index (κ3) is 4.03. The molecule has 0 aliphatic rings. The van der Waals surface area contributed by atoms with Gasteiger partial charge >= 0.3 is 0 Å². The third-order valence-electron chi connectivity index (χ3n) is 4.64. The van der Waals surface area contributed by atoms with E-state index < -0.39 is 0 Å². The highest BCUT2D eigenvalue weighted by molar-refractivity contribution is 5.95. The molecule has 1 aromatic heterocycles. The Morgan fingerprint density at radius 2 is 1.78 bits per heavy atom. The first-order chi connectivity index (χ1) is 13.0. The smallest absolute Gasteiger partial charge is 0.257 e. The largest absolute Gasteiger partial charge is 0.497 e. The van der Waals surface area contributed by atoms with E-state index in [4.69, 9.17) is 4.74 Å². The molecular weight excluding hydrogens is 338 g/mol. The number of amides is 1. The van der Waals surface area contributed by atoms with E-state index in [2.05, 4.69) is 12.0 Å². The van der Waals surface area contributed by atoms with Gasteiger partial charge in [0.05, 0.1) is 30.3 Å². The highest BCUT2D eigenvalue weighted by Gasteiger charge is 2.20. The van der Waals surface area contributed by atoms with Gasteiger partial charge in [0, 0.05) is 13.6 Å². The fraction of sp³-hybridized carbons (Fsp3) is 0.273. The Hall–Kier alpha value is -3.08. The van der Waals surface area contributed by atoms with E-state index in [1.54, 1.807) is 18.2 Å². The molecule has 0 N–H and O–H groups in total. The van der Waals surface area contributed by atoms with Gasteiger partial charge in [-0.25, -0.2) is 4.68 Å². The van der Waals surface area contributed by atoms with Crippen molar-refractivity contribution in [1.29, 1.82) is 0 Å². The Balaban J connectivity index is 1.82. The molecule has 0 atom stereocenters. The van der Waals surface area contributed by atoms with Crippen LogP contribution in [0.3, 0.4) is 0 Å². The highest BCUT2D eigenvalue weighted by atomic mass is 16.5. The third-order valence-corrected chi connectivity index (χ3v) is 4.64. The van der Waals surface area contributed by atoms with Crippen molar-refractivity contribution in [3.63, 3.8) is 0 Å². The van der Waals surface area contributed by atoms with Gasteiger partial charge < -0.3 is 9.64 Å². The first kappa shape index (κ1) is 18.7. The number of rotatable bonds is 6. The zero-order valence-electron chi connectivity index (χ0n) is 16.3. The molecule has 2 aromatic carbocycles. The molecule has 0 bridgehead atoms. The molecule has 0 radical (unpaired) electrons. The normalized spacial score (nSPS) is 10.7. The van der Waals surface area contributed by atoms with Crippen LogP contribution in [0.5, 0.6) is 5.75 Å². The number of ether oxygens (including phenoxy) is 1. The lowest BCUT2D eigenvalue weighted by Gasteiger charge is -2.18. The molecule has 3 aromatic rings. The van der Waals surface area contributed by atoms with Gasteiger partial charge in [-0.1, -0.05) is 36.8 Å². The maximum atomic E-state index is 13.0. The van der Waals surface area contributed by atoms with E-state index in [1.165, 1.54) is 5.56 Å². The van der Waals surface area contributed by atoms with Crippen LogP contribution >= 0.6 is 0 Å². The van der Waals surface area contributed by atoms with Crippen LogP contribution in [0.4, 0.5) is 0 Å². The maximum absolute atomic E-state index is 13.0. The van der Waals surface area contributed by atoms with Crippen LogP contribution in [-0.4, -0.2) is 34.7 Å². The summed E-state index contributed by atoms with van der Waals surface area (Å²) in [7, 11) is 3.46. The molecule has 0 aliphatic carbocycles. The van der Waals surface area contributed by atoms with Crippen LogP contribution in [0.1, 0.15) is 34.1 Å². The van der Waals surface area contributed by atoms with E-state index in [-0.39, 0.29) is 5.91 Å². The topological polar surface area (TPSA) is 47.4 Å². The number of benzene rings is 2. The lowest BCUT2D eigenvalue weighted by molar-refractivity contribution is 0.0784. The fourth-order valence-electron chi connectivity index (χ4n) is 3.08. The van der Waals surface area contributed by atoms with Gasteiger partial charge in [0.2, 0.25) is 0 Å². The Morgan fingerprint density at radius 3 is 2.37 bits per heavy atom. The van der Waals surface area contributed by atoms with Crippen molar-refractivity contribution in [2.75, 3.05) is 14.2 Å². The molecule has 1 amide bonds. The van der Waals surface area contributed by atoms with E-state index in [0.29, 0.717) is 12.1 Å². The second-order valence-corrected chi connectivity index (χ2v) is 6.62. The molecule has 5 nitrogen and oxygen atoms in total. The summed E-state index contributed by atoms with van der Waals surface area (Å²) in [6.45, 7) is 4.63. The first-order valence-corrected chi connectivity index (χ1v) is 9.05. The molecule has 27 heavy (non-hydrogen) atoms. The molecular formula is C22H25N3O2. The summed E-state index contributed by atoms with van der Waals surface area (Å²) in [5.74, 6) is 0.779. The molecule has 140 valence electrons. The predicted molar refractivity (Wildman–Crippen MR) is 106 cm³/mol. The summed E-state index contributed by atoms with van der Waals surface area (Å²) in [5, 5.41) is 4.47.